The van der Waals surface area contributed by atoms with Gasteiger partial charge in [0, 0.05) is 15.9 Å². The van der Waals surface area contributed by atoms with E-state index in [1.54, 1.807) is 0 Å². The van der Waals surface area contributed by atoms with Gasteiger partial charge in [-0.2, -0.15) is 0 Å². The Morgan fingerprint density at radius 3 is 2.35 bits per heavy atom. The highest BCUT2D eigenvalue weighted by Gasteiger charge is 2.31. The lowest BCUT2D eigenvalue weighted by molar-refractivity contribution is -0.142. The van der Waals surface area contributed by atoms with Crippen LogP contribution in [0.15, 0.2) is 59.6 Å². The van der Waals surface area contributed by atoms with Crippen molar-refractivity contribution in [3.63, 3.8) is 0 Å². The Kier molecular flexibility index (Phi) is 7.26. The number of halogens is 3. The fourth-order valence-corrected chi connectivity index (χ4v) is 3.25. The average molecular weight is 457 g/mol. The topological polar surface area (TPSA) is 57.6 Å². The van der Waals surface area contributed by atoms with E-state index in [0.717, 1.165) is 5.56 Å². The second kappa shape index (κ2) is 9.21. The van der Waals surface area contributed by atoms with E-state index in [1.165, 1.54) is 23.1 Å². The molecule has 0 aromatic heterocycles. The first-order chi connectivity index (χ1) is 12.3. The van der Waals surface area contributed by atoms with Crippen molar-refractivity contribution < 1.29 is 14.7 Å². The molecule has 4 nitrogen and oxygen atoms in total. The molecule has 0 aliphatic heterocycles. The molecule has 1 amide bonds. The summed E-state index contributed by atoms with van der Waals surface area (Å²) < 4.78 is 0.482. The van der Waals surface area contributed by atoms with Crippen LogP contribution >= 0.6 is 39.1 Å². The number of nitrogens with zero attached hydrogens (tertiary/aromatic N) is 1. The minimum absolute atomic E-state index is 0.0294. The van der Waals surface area contributed by atoms with Gasteiger partial charge in [-0.15, -0.1) is 0 Å². The Morgan fingerprint density at radius 2 is 1.81 bits per heavy atom. The molecule has 136 valence electrons. The lowest BCUT2D eigenvalue weighted by atomic mass is 10.0. The predicted molar refractivity (Wildman–Crippen MR) is 107 cm³/mol. The Morgan fingerprint density at radius 1 is 1.15 bits per heavy atom. The van der Waals surface area contributed by atoms with E-state index in [0.29, 0.717) is 9.51 Å². The minimum Gasteiger partial charge on any atom is -0.480 e. The third-order valence-electron chi connectivity index (χ3n) is 3.70. The number of amides is 1. The van der Waals surface area contributed by atoms with Gasteiger partial charge in [0.1, 0.15) is 6.04 Å². The van der Waals surface area contributed by atoms with Gasteiger partial charge in [-0.3, -0.25) is 4.79 Å². The second-order valence-electron chi connectivity index (χ2n) is 5.62. The van der Waals surface area contributed by atoms with Crippen molar-refractivity contribution in [3.8, 4) is 0 Å². The van der Waals surface area contributed by atoms with Gasteiger partial charge in [0.05, 0.1) is 17.1 Å². The monoisotopic (exact) mass is 455 g/mol. The first-order valence-electron chi connectivity index (χ1n) is 7.65. The molecular weight excluding hydrogens is 441 g/mol. The molecule has 0 saturated heterocycles. The van der Waals surface area contributed by atoms with Crippen LogP contribution in [0.2, 0.25) is 10.0 Å². The van der Waals surface area contributed by atoms with Gasteiger partial charge in [0.2, 0.25) is 0 Å². The van der Waals surface area contributed by atoms with Crippen molar-refractivity contribution in [1.82, 2.24) is 4.90 Å². The lowest BCUT2D eigenvalue weighted by Crippen LogP contribution is -2.47. The number of benzene rings is 2. The Bertz CT molecular complexity index is 827. The maximum absolute atomic E-state index is 13.0. The highest BCUT2D eigenvalue weighted by molar-refractivity contribution is 9.11. The summed E-state index contributed by atoms with van der Waals surface area (Å²) in [5, 5.41) is 10.3. The average Bonchev–Trinajstić information content (AvgIpc) is 2.58. The molecular formula is C19H16BrCl2NO3. The molecule has 1 N–H and O–H groups in total. The number of carboxylic acids is 1. The summed E-state index contributed by atoms with van der Waals surface area (Å²) in [5.74, 6) is -1.61. The van der Waals surface area contributed by atoms with Gasteiger partial charge in [-0.25, -0.2) is 4.79 Å². The van der Waals surface area contributed by atoms with Crippen molar-refractivity contribution in [2.75, 3.05) is 6.54 Å². The van der Waals surface area contributed by atoms with E-state index in [4.69, 9.17) is 23.2 Å². The van der Waals surface area contributed by atoms with Crippen molar-refractivity contribution in [3.05, 3.63) is 80.8 Å². The Labute approximate surface area is 170 Å². The smallest absolute Gasteiger partial charge is 0.326 e. The van der Waals surface area contributed by atoms with Crippen LogP contribution in [0.5, 0.6) is 0 Å². The maximum atomic E-state index is 13.0. The fourth-order valence-electron chi connectivity index (χ4n) is 2.49. The zero-order valence-corrected chi connectivity index (χ0v) is 16.8. The molecule has 7 heteroatoms. The van der Waals surface area contributed by atoms with E-state index >= 15 is 0 Å². The molecule has 2 aromatic carbocycles. The highest BCUT2D eigenvalue weighted by Crippen LogP contribution is 2.24. The molecule has 2 rings (SSSR count). The van der Waals surface area contributed by atoms with Crippen LogP contribution in [0, 0.1) is 0 Å². The van der Waals surface area contributed by atoms with Gasteiger partial charge in [-0.1, -0.05) is 76.0 Å². The molecule has 0 saturated carbocycles. The van der Waals surface area contributed by atoms with Crippen molar-refractivity contribution in [2.24, 2.45) is 0 Å². The summed E-state index contributed by atoms with van der Waals surface area (Å²) in [4.78, 5) is 26.2. The zero-order valence-electron chi connectivity index (χ0n) is 13.7. The number of carbonyl (C=O) groups is 2. The number of aliphatic carboxylic acids is 1. The third-order valence-corrected chi connectivity index (χ3v) is 4.50. The highest BCUT2D eigenvalue weighted by atomic mass is 79.9. The zero-order chi connectivity index (χ0) is 19.3. The Balaban J connectivity index is 2.40. The molecule has 0 bridgehead atoms. The van der Waals surface area contributed by atoms with Crippen molar-refractivity contribution in [2.45, 2.75) is 12.5 Å². The summed E-state index contributed by atoms with van der Waals surface area (Å²) in [7, 11) is 0. The Hall–Kier alpha value is -1.82. The van der Waals surface area contributed by atoms with E-state index in [-0.39, 0.29) is 23.6 Å². The van der Waals surface area contributed by atoms with E-state index in [2.05, 4.69) is 22.5 Å². The standard InChI is InChI=1S/C19H16BrCl2NO3/c1-12(20)11-23(18(24)15-8-7-14(21)10-16(15)22)17(19(25)26)9-13-5-3-2-4-6-13/h2-8,10,17H,1,9,11H2,(H,25,26). The van der Waals surface area contributed by atoms with Crippen molar-refractivity contribution >= 4 is 51.0 Å². The van der Waals surface area contributed by atoms with Crippen LogP contribution in [0.3, 0.4) is 0 Å². The normalized spacial score (nSPS) is 11.7. The summed E-state index contributed by atoms with van der Waals surface area (Å²) in [6.07, 6.45) is 0.160. The molecule has 26 heavy (non-hydrogen) atoms. The number of hydrogen-bond donors (Lipinski definition) is 1. The van der Waals surface area contributed by atoms with Crippen LogP contribution in [0.25, 0.3) is 0 Å². The molecule has 0 spiro atoms. The minimum atomic E-state index is -1.11. The van der Waals surface area contributed by atoms with Crippen LogP contribution in [0.1, 0.15) is 15.9 Å². The molecule has 2 aromatic rings. The summed E-state index contributed by atoms with van der Waals surface area (Å²) in [6.45, 7) is 3.76. The fraction of sp³-hybridized carbons (Fsp3) is 0.158. The van der Waals surface area contributed by atoms with E-state index < -0.39 is 17.9 Å². The summed E-state index contributed by atoms with van der Waals surface area (Å²) in [5.41, 5.74) is 0.990. The first kappa shape index (κ1) is 20.5. The van der Waals surface area contributed by atoms with E-state index in [1.807, 2.05) is 30.3 Å². The number of carbonyl (C=O) groups excluding carboxylic acids is 1. The second-order valence-corrected chi connectivity index (χ2v) is 7.58. The maximum Gasteiger partial charge on any atom is 0.326 e. The van der Waals surface area contributed by atoms with Gasteiger partial charge in [0.25, 0.3) is 5.91 Å². The largest absolute Gasteiger partial charge is 0.480 e. The van der Waals surface area contributed by atoms with E-state index in [9.17, 15) is 14.7 Å². The van der Waals surface area contributed by atoms with Crippen LogP contribution in [-0.4, -0.2) is 34.5 Å². The lowest BCUT2D eigenvalue weighted by Gasteiger charge is -2.29. The third kappa shape index (κ3) is 5.34. The van der Waals surface area contributed by atoms with Crippen molar-refractivity contribution in [1.29, 1.82) is 0 Å². The molecule has 0 radical (unpaired) electrons. The SMILES string of the molecule is C=C(Br)CN(C(=O)c1ccc(Cl)cc1Cl)C(Cc1ccccc1)C(=O)O. The number of carboxylic acid groups (broad SMARTS) is 1. The molecule has 0 fully saturated rings. The number of hydrogen-bond acceptors (Lipinski definition) is 2. The first-order valence-corrected chi connectivity index (χ1v) is 9.20. The van der Waals surface area contributed by atoms with Gasteiger partial charge in [-0.05, 0) is 23.8 Å². The molecule has 0 aliphatic carbocycles. The van der Waals surface area contributed by atoms with Gasteiger partial charge in [0.15, 0.2) is 0 Å². The summed E-state index contributed by atoms with van der Waals surface area (Å²) in [6, 6.07) is 12.5. The summed E-state index contributed by atoms with van der Waals surface area (Å²) >= 11 is 15.2. The quantitative estimate of drug-likeness (QED) is 0.634. The molecule has 1 unspecified atom stereocenters. The van der Waals surface area contributed by atoms with Gasteiger partial charge < -0.3 is 10.0 Å². The van der Waals surface area contributed by atoms with Crippen LogP contribution in [-0.2, 0) is 11.2 Å². The predicted octanol–water partition coefficient (Wildman–Crippen LogP) is 5.04. The van der Waals surface area contributed by atoms with Gasteiger partial charge >= 0.3 is 5.97 Å². The van der Waals surface area contributed by atoms with Crippen LogP contribution < -0.4 is 0 Å². The number of rotatable bonds is 7. The van der Waals surface area contributed by atoms with Crippen LogP contribution in [0.4, 0.5) is 0 Å². The molecule has 1 atom stereocenters. The molecule has 0 heterocycles. The molecule has 0 aliphatic rings.